The van der Waals surface area contributed by atoms with Crippen molar-refractivity contribution in [3.63, 3.8) is 0 Å². The Bertz CT molecular complexity index is 626. The number of aryl methyl sites for hydroxylation is 1. The number of nitrogens with one attached hydrogen (secondary N) is 1. The van der Waals surface area contributed by atoms with E-state index < -0.39 is 10.0 Å². The maximum Gasteiger partial charge on any atom is 0.240 e. The van der Waals surface area contributed by atoms with Crippen molar-refractivity contribution in [2.45, 2.75) is 31.1 Å². The first-order chi connectivity index (χ1) is 9.40. The Morgan fingerprint density at radius 1 is 1.40 bits per heavy atom. The molecule has 1 aromatic carbocycles. The third-order valence-corrected chi connectivity index (χ3v) is 5.42. The Morgan fingerprint density at radius 3 is 2.80 bits per heavy atom. The molecular formula is C14H19ClN2O2S. The smallest absolute Gasteiger partial charge is 0.240 e. The van der Waals surface area contributed by atoms with E-state index in [1.807, 2.05) is 0 Å². The molecule has 0 aliphatic heterocycles. The summed E-state index contributed by atoms with van der Waals surface area (Å²) in [4.78, 5) is 0.200. The number of nitrogen functional groups attached to an aromatic ring is 1. The maximum atomic E-state index is 12.3. The third kappa shape index (κ3) is 3.53. The zero-order chi connectivity index (χ0) is 14.8. The average Bonchev–Trinajstić information content (AvgIpc) is 2.42. The summed E-state index contributed by atoms with van der Waals surface area (Å²) in [5.41, 5.74) is 6.57. The maximum absolute atomic E-state index is 12.3. The molecule has 0 saturated heterocycles. The van der Waals surface area contributed by atoms with Crippen LogP contribution in [0.5, 0.6) is 0 Å². The quantitative estimate of drug-likeness (QED) is 0.663. The monoisotopic (exact) mass is 314 g/mol. The molecule has 110 valence electrons. The molecule has 4 nitrogen and oxygen atoms in total. The Morgan fingerprint density at radius 2 is 2.15 bits per heavy atom. The predicted octanol–water partition coefficient (Wildman–Crippen LogP) is 2.87. The molecule has 0 fully saturated rings. The van der Waals surface area contributed by atoms with Gasteiger partial charge in [0.25, 0.3) is 0 Å². The number of allylic oxidation sites excluding steroid dienone is 2. The number of sulfonamides is 1. The number of hydrogen-bond acceptors (Lipinski definition) is 3. The molecule has 0 aromatic heterocycles. The van der Waals surface area contributed by atoms with Gasteiger partial charge in [0.1, 0.15) is 0 Å². The first kappa shape index (κ1) is 15.4. The van der Waals surface area contributed by atoms with Crippen molar-refractivity contribution in [1.29, 1.82) is 0 Å². The molecule has 0 amide bonds. The van der Waals surface area contributed by atoms with Gasteiger partial charge in [-0.3, -0.25) is 0 Å². The Balaban J connectivity index is 2.14. The van der Waals surface area contributed by atoms with Gasteiger partial charge in [0.15, 0.2) is 0 Å². The van der Waals surface area contributed by atoms with Crippen molar-refractivity contribution in [1.82, 2.24) is 4.72 Å². The van der Waals surface area contributed by atoms with Gasteiger partial charge in [0.05, 0.1) is 15.6 Å². The van der Waals surface area contributed by atoms with E-state index >= 15 is 0 Å². The molecule has 1 unspecified atom stereocenters. The summed E-state index contributed by atoms with van der Waals surface area (Å²) >= 11 is 5.89. The van der Waals surface area contributed by atoms with E-state index in [9.17, 15) is 8.42 Å². The summed E-state index contributed by atoms with van der Waals surface area (Å²) < 4.78 is 27.3. The first-order valence-electron chi connectivity index (χ1n) is 6.60. The summed E-state index contributed by atoms with van der Waals surface area (Å²) in [5.74, 6) is 0.361. The van der Waals surface area contributed by atoms with E-state index in [-0.39, 0.29) is 10.6 Å². The third-order valence-electron chi connectivity index (χ3n) is 3.52. The summed E-state index contributed by atoms with van der Waals surface area (Å²) in [6.45, 7) is 2.16. The second-order valence-electron chi connectivity index (χ2n) is 5.14. The highest BCUT2D eigenvalue weighted by atomic mass is 35.5. The van der Waals surface area contributed by atoms with E-state index in [0.717, 1.165) is 19.3 Å². The molecule has 1 aromatic rings. The molecule has 6 heteroatoms. The number of benzene rings is 1. The van der Waals surface area contributed by atoms with Crippen LogP contribution in [0.25, 0.3) is 0 Å². The zero-order valence-corrected chi connectivity index (χ0v) is 13.0. The van der Waals surface area contributed by atoms with Crippen molar-refractivity contribution in [3.8, 4) is 0 Å². The normalized spacial score (nSPS) is 19.2. The van der Waals surface area contributed by atoms with Gasteiger partial charge >= 0.3 is 0 Å². The molecule has 20 heavy (non-hydrogen) atoms. The van der Waals surface area contributed by atoms with Gasteiger partial charge in [-0.1, -0.05) is 23.8 Å². The summed E-state index contributed by atoms with van der Waals surface area (Å²) in [7, 11) is -3.54. The molecule has 0 radical (unpaired) electrons. The van der Waals surface area contributed by atoms with Gasteiger partial charge in [-0.25, -0.2) is 13.1 Å². The number of halogens is 1. The molecule has 1 aliphatic carbocycles. The average molecular weight is 315 g/mol. The van der Waals surface area contributed by atoms with Crippen LogP contribution in [-0.2, 0) is 10.0 Å². The van der Waals surface area contributed by atoms with E-state index in [2.05, 4.69) is 16.9 Å². The minimum absolute atomic E-state index is 0.200. The van der Waals surface area contributed by atoms with Crippen molar-refractivity contribution < 1.29 is 8.42 Å². The summed E-state index contributed by atoms with van der Waals surface area (Å²) in [6, 6.07) is 3.00. The fourth-order valence-electron chi connectivity index (χ4n) is 2.31. The SMILES string of the molecule is Cc1cc(Cl)c(N)cc1S(=O)(=O)NCC1CC=CCC1. The van der Waals surface area contributed by atoms with Gasteiger partial charge in [-0.15, -0.1) is 0 Å². The Hall–Kier alpha value is -1.04. The topological polar surface area (TPSA) is 72.2 Å². The van der Waals surface area contributed by atoms with Crippen molar-refractivity contribution in [3.05, 3.63) is 34.9 Å². The summed E-state index contributed by atoms with van der Waals surface area (Å²) in [5, 5.41) is 0.374. The number of hydrogen-bond donors (Lipinski definition) is 2. The largest absolute Gasteiger partial charge is 0.397 e. The zero-order valence-electron chi connectivity index (χ0n) is 11.4. The lowest BCUT2D eigenvalue weighted by Gasteiger charge is -2.18. The molecule has 1 aliphatic rings. The minimum Gasteiger partial charge on any atom is -0.397 e. The lowest BCUT2D eigenvalue weighted by molar-refractivity contribution is 0.468. The Labute approximate surface area is 125 Å². The van der Waals surface area contributed by atoms with E-state index in [1.54, 1.807) is 13.0 Å². The molecule has 1 atom stereocenters. The molecule has 3 N–H and O–H groups in total. The molecule has 2 rings (SSSR count). The molecular weight excluding hydrogens is 296 g/mol. The van der Waals surface area contributed by atoms with Gasteiger partial charge in [0.2, 0.25) is 10.0 Å². The highest BCUT2D eigenvalue weighted by Gasteiger charge is 2.20. The number of nitrogens with two attached hydrogens (primary N) is 1. The van der Waals surface area contributed by atoms with Gasteiger partial charge in [-0.2, -0.15) is 0 Å². The lowest BCUT2D eigenvalue weighted by atomic mass is 9.95. The van der Waals surface area contributed by atoms with Crippen molar-refractivity contribution in [2.75, 3.05) is 12.3 Å². The highest BCUT2D eigenvalue weighted by Crippen LogP contribution is 2.26. The van der Waals surface area contributed by atoms with Crippen LogP contribution in [0.1, 0.15) is 24.8 Å². The molecule has 0 spiro atoms. The van der Waals surface area contributed by atoms with E-state index in [4.69, 9.17) is 17.3 Å². The van der Waals surface area contributed by atoms with Crippen LogP contribution in [0.4, 0.5) is 5.69 Å². The van der Waals surface area contributed by atoms with Crippen LogP contribution in [0.3, 0.4) is 0 Å². The fraction of sp³-hybridized carbons (Fsp3) is 0.429. The molecule has 0 bridgehead atoms. The van der Waals surface area contributed by atoms with E-state index in [0.29, 0.717) is 23.0 Å². The first-order valence-corrected chi connectivity index (χ1v) is 8.46. The Kier molecular flexibility index (Phi) is 4.73. The van der Waals surface area contributed by atoms with Crippen LogP contribution in [0, 0.1) is 12.8 Å². The van der Waals surface area contributed by atoms with Gasteiger partial charge < -0.3 is 5.73 Å². The number of rotatable bonds is 4. The van der Waals surface area contributed by atoms with Crippen molar-refractivity contribution >= 4 is 27.3 Å². The van der Waals surface area contributed by atoms with Crippen LogP contribution >= 0.6 is 11.6 Å². The standard InChI is InChI=1S/C14H19ClN2O2S/c1-10-7-12(15)13(16)8-14(10)20(18,19)17-9-11-5-3-2-4-6-11/h2-3,7-8,11,17H,4-6,9,16H2,1H3. The van der Waals surface area contributed by atoms with Crippen LogP contribution < -0.4 is 10.5 Å². The molecule has 0 saturated carbocycles. The van der Waals surface area contributed by atoms with Crippen LogP contribution in [-0.4, -0.2) is 15.0 Å². The predicted molar refractivity (Wildman–Crippen MR) is 82.3 cm³/mol. The van der Waals surface area contributed by atoms with Crippen molar-refractivity contribution in [2.24, 2.45) is 5.92 Å². The number of anilines is 1. The molecule has 0 heterocycles. The van der Waals surface area contributed by atoms with Gasteiger partial charge in [-0.05, 0) is 49.8 Å². The highest BCUT2D eigenvalue weighted by molar-refractivity contribution is 7.89. The van der Waals surface area contributed by atoms with E-state index in [1.165, 1.54) is 6.07 Å². The lowest BCUT2D eigenvalue weighted by Crippen LogP contribution is -2.30. The van der Waals surface area contributed by atoms with Crippen LogP contribution in [0.15, 0.2) is 29.2 Å². The summed E-state index contributed by atoms with van der Waals surface area (Å²) in [6.07, 6.45) is 7.19. The van der Waals surface area contributed by atoms with Crippen LogP contribution in [0.2, 0.25) is 5.02 Å². The second-order valence-corrected chi connectivity index (χ2v) is 7.28. The second kappa shape index (κ2) is 6.16. The van der Waals surface area contributed by atoms with Gasteiger partial charge in [0, 0.05) is 6.54 Å². The minimum atomic E-state index is -3.54. The fourth-order valence-corrected chi connectivity index (χ4v) is 3.90.